The quantitative estimate of drug-likeness (QED) is 0.686. The van der Waals surface area contributed by atoms with E-state index in [4.69, 9.17) is 10.5 Å². The van der Waals surface area contributed by atoms with Gasteiger partial charge in [0.25, 0.3) is 0 Å². The van der Waals surface area contributed by atoms with Crippen molar-refractivity contribution in [3.63, 3.8) is 0 Å². The maximum atomic E-state index is 10.1. The standard InChI is InChI=1S/C11H15N5O3S/c1-20-2-5-7(17)8(18)11(19-5)16-4-15-6-9(12)13-3-14-10(6)16/h3-5,7-8,11,17-18H,2H2,1H3,(H2,12,13,14)/t5-,7-,8-,11?/m1/s1. The largest absolute Gasteiger partial charge is 0.387 e. The zero-order valence-corrected chi connectivity index (χ0v) is 11.6. The van der Waals surface area contributed by atoms with E-state index in [1.54, 1.807) is 16.3 Å². The fourth-order valence-corrected chi connectivity index (χ4v) is 2.92. The molecule has 4 atom stereocenters. The number of aliphatic hydroxyl groups excluding tert-OH is 2. The number of rotatable bonds is 3. The zero-order chi connectivity index (χ0) is 14.3. The summed E-state index contributed by atoms with van der Waals surface area (Å²) in [6.45, 7) is 0. The van der Waals surface area contributed by atoms with Crippen molar-refractivity contribution in [1.82, 2.24) is 19.5 Å². The number of hydrogen-bond acceptors (Lipinski definition) is 8. The number of fused-ring (bicyclic) bond motifs is 1. The molecule has 1 aliphatic rings. The van der Waals surface area contributed by atoms with Crippen molar-refractivity contribution in [3.05, 3.63) is 12.7 Å². The molecule has 0 aromatic carbocycles. The fourth-order valence-electron chi connectivity index (χ4n) is 2.32. The summed E-state index contributed by atoms with van der Waals surface area (Å²) in [4.78, 5) is 12.1. The highest BCUT2D eigenvalue weighted by molar-refractivity contribution is 7.98. The first-order valence-electron chi connectivity index (χ1n) is 6.07. The Morgan fingerprint density at radius 3 is 2.90 bits per heavy atom. The van der Waals surface area contributed by atoms with Crippen LogP contribution in [0.4, 0.5) is 5.82 Å². The van der Waals surface area contributed by atoms with Crippen LogP contribution in [0.15, 0.2) is 12.7 Å². The molecule has 0 saturated carbocycles. The van der Waals surface area contributed by atoms with Crippen molar-refractivity contribution in [2.45, 2.75) is 24.5 Å². The van der Waals surface area contributed by atoms with E-state index in [0.717, 1.165) is 0 Å². The average Bonchev–Trinajstić information content (AvgIpc) is 2.97. The normalized spacial score (nSPS) is 30.1. The summed E-state index contributed by atoms with van der Waals surface area (Å²) >= 11 is 1.54. The summed E-state index contributed by atoms with van der Waals surface area (Å²) in [6.07, 6.45) is 1.58. The highest BCUT2D eigenvalue weighted by atomic mass is 32.2. The molecule has 1 fully saturated rings. The molecule has 3 rings (SSSR count). The van der Waals surface area contributed by atoms with E-state index in [1.807, 2.05) is 6.26 Å². The lowest BCUT2D eigenvalue weighted by Gasteiger charge is -2.16. The van der Waals surface area contributed by atoms with Crippen LogP contribution in [0.1, 0.15) is 6.23 Å². The van der Waals surface area contributed by atoms with Crippen LogP contribution < -0.4 is 5.73 Å². The van der Waals surface area contributed by atoms with Crippen LogP contribution in [-0.2, 0) is 4.74 Å². The Kier molecular flexibility index (Phi) is 3.50. The second-order valence-electron chi connectivity index (χ2n) is 4.58. The first-order valence-corrected chi connectivity index (χ1v) is 7.46. The van der Waals surface area contributed by atoms with Gasteiger partial charge in [-0.1, -0.05) is 0 Å². The number of nitrogen functional groups attached to an aromatic ring is 1. The number of thioether (sulfide) groups is 1. The minimum atomic E-state index is -1.04. The van der Waals surface area contributed by atoms with Gasteiger partial charge in [0.05, 0.1) is 12.4 Å². The van der Waals surface area contributed by atoms with E-state index in [9.17, 15) is 10.2 Å². The molecule has 3 heterocycles. The highest BCUT2D eigenvalue weighted by Gasteiger charge is 2.43. The van der Waals surface area contributed by atoms with Gasteiger partial charge < -0.3 is 20.7 Å². The van der Waals surface area contributed by atoms with Crippen molar-refractivity contribution < 1.29 is 14.9 Å². The first kappa shape index (κ1) is 13.6. The molecule has 2 aromatic heterocycles. The fraction of sp³-hybridized carbons (Fsp3) is 0.545. The average molecular weight is 297 g/mol. The van der Waals surface area contributed by atoms with Crippen LogP contribution in [0.2, 0.25) is 0 Å². The monoisotopic (exact) mass is 297 g/mol. The lowest BCUT2D eigenvalue weighted by Crippen LogP contribution is -2.32. The van der Waals surface area contributed by atoms with Crippen molar-refractivity contribution >= 4 is 28.7 Å². The molecule has 20 heavy (non-hydrogen) atoms. The third-order valence-electron chi connectivity index (χ3n) is 3.33. The highest BCUT2D eigenvalue weighted by Crippen LogP contribution is 2.32. The molecule has 0 amide bonds. The van der Waals surface area contributed by atoms with Gasteiger partial charge in [-0.15, -0.1) is 0 Å². The van der Waals surface area contributed by atoms with Crippen LogP contribution in [0.3, 0.4) is 0 Å². The molecular formula is C11H15N5O3S. The summed E-state index contributed by atoms with van der Waals surface area (Å²) < 4.78 is 7.29. The molecule has 0 aliphatic carbocycles. The lowest BCUT2D eigenvalue weighted by molar-refractivity contribution is -0.0288. The number of hydrogen-bond donors (Lipinski definition) is 3. The van der Waals surface area contributed by atoms with Gasteiger partial charge in [0.2, 0.25) is 0 Å². The summed E-state index contributed by atoms with van der Waals surface area (Å²) in [5.41, 5.74) is 6.64. The predicted molar refractivity (Wildman–Crippen MR) is 74.0 cm³/mol. The Labute approximate surface area is 119 Å². The van der Waals surface area contributed by atoms with E-state index in [-0.39, 0.29) is 5.82 Å². The Hall–Kier alpha value is -1.42. The first-order chi connectivity index (χ1) is 9.63. The molecule has 108 valence electrons. The molecule has 4 N–H and O–H groups in total. The number of aromatic nitrogens is 4. The molecule has 2 aromatic rings. The molecule has 0 bridgehead atoms. The van der Waals surface area contributed by atoms with E-state index >= 15 is 0 Å². The Morgan fingerprint density at radius 2 is 2.15 bits per heavy atom. The second-order valence-corrected chi connectivity index (χ2v) is 5.50. The third kappa shape index (κ3) is 2.03. The minimum Gasteiger partial charge on any atom is -0.387 e. The van der Waals surface area contributed by atoms with Gasteiger partial charge in [-0.25, -0.2) is 15.0 Å². The van der Waals surface area contributed by atoms with Gasteiger partial charge in [0, 0.05) is 5.75 Å². The zero-order valence-electron chi connectivity index (χ0n) is 10.7. The molecular weight excluding hydrogens is 282 g/mol. The molecule has 1 aliphatic heterocycles. The smallest absolute Gasteiger partial charge is 0.167 e. The lowest BCUT2D eigenvalue weighted by atomic mass is 10.1. The van der Waals surface area contributed by atoms with Crippen LogP contribution >= 0.6 is 11.8 Å². The van der Waals surface area contributed by atoms with Crippen LogP contribution in [0.5, 0.6) is 0 Å². The summed E-state index contributed by atoms with van der Waals surface area (Å²) in [6, 6.07) is 0. The predicted octanol–water partition coefficient (Wildman–Crippen LogP) is -0.609. The topological polar surface area (TPSA) is 119 Å². The van der Waals surface area contributed by atoms with Gasteiger partial charge >= 0.3 is 0 Å². The maximum absolute atomic E-state index is 10.1. The summed E-state index contributed by atoms with van der Waals surface area (Å²) in [5, 5.41) is 20.2. The van der Waals surface area contributed by atoms with Crippen molar-refractivity contribution in [2.24, 2.45) is 0 Å². The molecule has 1 saturated heterocycles. The van der Waals surface area contributed by atoms with Gasteiger partial charge in [0.15, 0.2) is 17.7 Å². The Bertz CT molecular complexity index is 621. The van der Waals surface area contributed by atoms with E-state index < -0.39 is 24.5 Å². The molecule has 0 spiro atoms. The van der Waals surface area contributed by atoms with Gasteiger partial charge in [-0.3, -0.25) is 4.57 Å². The maximum Gasteiger partial charge on any atom is 0.167 e. The van der Waals surface area contributed by atoms with Crippen LogP contribution in [-0.4, -0.2) is 60.1 Å². The number of aliphatic hydroxyl groups is 2. The third-order valence-corrected chi connectivity index (χ3v) is 3.99. The number of nitrogens with zero attached hydrogens (tertiary/aromatic N) is 4. The van der Waals surface area contributed by atoms with E-state index in [1.165, 1.54) is 12.7 Å². The van der Waals surface area contributed by atoms with Crippen LogP contribution in [0.25, 0.3) is 11.2 Å². The minimum absolute atomic E-state index is 0.266. The second kappa shape index (κ2) is 5.17. The number of imidazole rings is 1. The summed E-state index contributed by atoms with van der Waals surface area (Å²) in [5.74, 6) is 0.862. The van der Waals surface area contributed by atoms with Gasteiger partial charge in [-0.05, 0) is 6.26 Å². The number of anilines is 1. The van der Waals surface area contributed by atoms with Crippen molar-refractivity contribution in [1.29, 1.82) is 0 Å². The molecule has 9 heteroatoms. The molecule has 1 unspecified atom stereocenters. The van der Waals surface area contributed by atoms with Crippen molar-refractivity contribution in [3.8, 4) is 0 Å². The SMILES string of the molecule is CSC[C@H]1OC(n2cnc3c(N)ncnc32)[C@H](O)[C@@H]1O. The van der Waals surface area contributed by atoms with Crippen LogP contribution in [0, 0.1) is 0 Å². The molecule has 8 nitrogen and oxygen atoms in total. The number of ether oxygens (including phenoxy) is 1. The van der Waals surface area contributed by atoms with Crippen molar-refractivity contribution in [2.75, 3.05) is 17.7 Å². The van der Waals surface area contributed by atoms with E-state index in [2.05, 4.69) is 15.0 Å². The van der Waals surface area contributed by atoms with Gasteiger partial charge in [0.1, 0.15) is 24.1 Å². The van der Waals surface area contributed by atoms with E-state index in [0.29, 0.717) is 16.9 Å². The molecule has 0 radical (unpaired) electrons. The summed E-state index contributed by atoms with van der Waals surface area (Å²) in [7, 11) is 0. The Balaban J connectivity index is 1.97. The Morgan fingerprint density at radius 1 is 1.35 bits per heavy atom. The number of nitrogens with two attached hydrogens (primary N) is 1. The van der Waals surface area contributed by atoms with Gasteiger partial charge in [-0.2, -0.15) is 11.8 Å².